The monoisotopic (exact) mass is 475 g/mol. The molecule has 1 amide bonds. The van der Waals surface area contributed by atoms with Gasteiger partial charge in [-0.15, -0.1) is 0 Å². The molecular formula is C28H24F3N3O. The number of hydrogen-bond acceptors (Lipinski definition) is 3. The van der Waals surface area contributed by atoms with E-state index < -0.39 is 11.7 Å². The molecule has 1 aliphatic rings. The van der Waals surface area contributed by atoms with Crippen LogP contribution >= 0.6 is 0 Å². The molecule has 0 spiro atoms. The number of rotatable bonds is 6. The fourth-order valence-corrected chi connectivity index (χ4v) is 4.22. The molecule has 4 nitrogen and oxygen atoms in total. The molecule has 1 heterocycles. The van der Waals surface area contributed by atoms with E-state index in [0.717, 1.165) is 35.4 Å². The molecule has 0 saturated carbocycles. The van der Waals surface area contributed by atoms with Gasteiger partial charge >= 0.3 is 6.18 Å². The van der Waals surface area contributed by atoms with Crippen molar-refractivity contribution in [3.63, 3.8) is 0 Å². The predicted octanol–water partition coefficient (Wildman–Crippen LogP) is 5.55. The summed E-state index contributed by atoms with van der Waals surface area (Å²) in [4.78, 5) is 15.4. The van der Waals surface area contributed by atoms with Crippen molar-refractivity contribution in [1.82, 2.24) is 10.2 Å². The summed E-state index contributed by atoms with van der Waals surface area (Å²) in [6.07, 6.45) is -3.71. The lowest BCUT2D eigenvalue weighted by atomic mass is 9.92. The Kier molecular flexibility index (Phi) is 7.33. The number of carbonyl (C=O) groups excluding carboxylic acids is 1. The van der Waals surface area contributed by atoms with Crippen LogP contribution in [0, 0.1) is 11.3 Å². The third-order valence-electron chi connectivity index (χ3n) is 6.02. The van der Waals surface area contributed by atoms with E-state index >= 15 is 0 Å². The SMILES string of the molecule is N#Cc1cccc(CN2CCC(c3ccccc3)=C(C(=O)NCc3ccc(C(F)(F)F)cc3)C2)c1. The number of nitrogens with zero attached hydrogens (tertiary/aromatic N) is 2. The molecule has 7 heteroatoms. The minimum absolute atomic E-state index is 0.132. The van der Waals surface area contributed by atoms with Gasteiger partial charge in [0.15, 0.2) is 0 Å². The number of nitrogens with one attached hydrogen (secondary N) is 1. The molecule has 35 heavy (non-hydrogen) atoms. The van der Waals surface area contributed by atoms with Crippen LogP contribution in [0.4, 0.5) is 13.2 Å². The van der Waals surface area contributed by atoms with E-state index in [4.69, 9.17) is 0 Å². The van der Waals surface area contributed by atoms with Gasteiger partial charge in [-0.25, -0.2) is 0 Å². The maximum atomic E-state index is 13.3. The second-order valence-corrected chi connectivity index (χ2v) is 8.47. The van der Waals surface area contributed by atoms with Gasteiger partial charge in [-0.2, -0.15) is 18.4 Å². The Morgan fingerprint density at radius 2 is 1.71 bits per heavy atom. The zero-order chi connectivity index (χ0) is 24.8. The van der Waals surface area contributed by atoms with Crippen molar-refractivity contribution < 1.29 is 18.0 Å². The number of hydrogen-bond donors (Lipinski definition) is 1. The van der Waals surface area contributed by atoms with Crippen LogP contribution in [0.3, 0.4) is 0 Å². The third-order valence-corrected chi connectivity index (χ3v) is 6.02. The maximum Gasteiger partial charge on any atom is 0.416 e. The van der Waals surface area contributed by atoms with Gasteiger partial charge in [0.1, 0.15) is 0 Å². The first-order chi connectivity index (χ1) is 16.8. The second kappa shape index (κ2) is 10.6. The standard InChI is InChI=1S/C28H24F3N3O/c29-28(30,31)24-11-9-20(10-12-24)17-33-27(35)26-19-34(18-22-6-4-5-21(15-22)16-32)14-13-25(26)23-7-2-1-3-8-23/h1-12,15H,13-14,17-19H2,(H,33,35). The Bertz CT molecular complexity index is 1260. The molecule has 0 saturated heterocycles. The zero-order valence-electron chi connectivity index (χ0n) is 19.0. The van der Waals surface area contributed by atoms with Crippen molar-refractivity contribution in [2.75, 3.05) is 13.1 Å². The second-order valence-electron chi connectivity index (χ2n) is 8.47. The van der Waals surface area contributed by atoms with E-state index in [1.54, 1.807) is 6.07 Å². The predicted molar refractivity (Wildman–Crippen MR) is 128 cm³/mol. The molecule has 0 atom stereocenters. The van der Waals surface area contributed by atoms with Crippen LogP contribution in [0.1, 0.15) is 34.2 Å². The fourth-order valence-electron chi connectivity index (χ4n) is 4.22. The molecule has 0 unspecified atom stereocenters. The van der Waals surface area contributed by atoms with E-state index in [-0.39, 0.29) is 12.5 Å². The number of nitriles is 1. The number of amides is 1. The zero-order valence-corrected chi connectivity index (χ0v) is 19.0. The van der Waals surface area contributed by atoms with E-state index in [1.807, 2.05) is 48.5 Å². The minimum Gasteiger partial charge on any atom is -0.348 e. The number of carbonyl (C=O) groups is 1. The van der Waals surface area contributed by atoms with Crippen molar-refractivity contribution >= 4 is 11.5 Å². The van der Waals surface area contributed by atoms with Crippen molar-refractivity contribution in [2.45, 2.75) is 25.7 Å². The molecule has 1 N–H and O–H groups in total. The van der Waals surface area contributed by atoms with E-state index in [9.17, 15) is 23.2 Å². The molecule has 0 aromatic heterocycles. The van der Waals surface area contributed by atoms with E-state index in [1.165, 1.54) is 12.1 Å². The third kappa shape index (κ3) is 6.17. The summed E-state index contributed by atoms with van der Waals surface area (Å²) >= 11 is 0. The molecule has 0 bridgehead atoms. The smallest absolute Gasteiger partial charge is 0.348 e. The molecule has 3 aromatic carbocycles. The van der Waals surface area contributed by atoms with Crippen molar-refractivity contribution in [3.05, 3.63) is 112 Å². The fraction of sp³-hybridized carbons (Fsp3) is 0.214. The molecular weight excluding hydrogens is 451 g/mol. The van der Waals surface area contributed by atoms with Crippen LogP contribution < -0.4 is 5.32 Å². The number of alkyl halides is 3. The van der Waals surface area contributed by atoms with Crippen molar-refractivity contribution in [2.24, 2.45) is 0 Å². The largest absolute Gasteiger partial charge is 0.416 e. The Balaban J connectivity index is 1.52. The van der Waals surface area contributed by atoms with Crippen LogP contribution in [-0.2, 0) is 24.1 Å². The van der Waals surface area contributed by atoms with Gasteiger partial charge in [0, 0.05) is 31.8 Å². The first-order valence-corrected chi connectivity index (χ1v) is 11.3. The van der Waals surface area contributed by atoms with Crippen LogP contribution in [0.25, 0.3) is 5.57 Å². The summed E-state index contributed by atoms with van der Waals surface area (Å²) < 4.78 is 38.5. The first-order valence-electron chi connectivity index (χ1n) is 11.3. The number of halogens is 3. The van der Waals surface area contributed by atoms with Gasteiger partial charge in [-0.3, -0.25) is 9.69 Å². The molecule has 3 aromatic rings. The molecule has 178 valence electrons. The Morgan fingerprint density at radius 1 is 0.971 bits per heavy atom. The lowest BCUT2D eigenvalue weighted by molar-refractivity contribution is -0.137. The minimum atomic E-state index is -4.39. The highest BCUT2D eigenvalue weighted by atomic mass is 19.4. The van der Waals surface area contributed by atoms with Crippen LogP contribution in [0.15, 0.2) is 84.4 Å². The Hall–Kier alpha value is -3.89. The molecule has 0 fully saturated rings. The Labute approximate surface area is 202 Å². The summed E-state index contributed by atoms with van der Waals surface area (Å²) in [7, 11) is 0. The van der Waals surface area contributed by atoms with Gasteiger partial charge in [-0.05, 0) is 52.9 Å². The van der Waals surface area contributed by atoms with Gasteiger partial charge in [0.05, 0.1) is 17.2 Å². The highest BCUT2D eigenvalue weighted by Gasteiger charge is 2.30. The van der Waals surface area contributed by atoms with Gasteiger partial charge in [0.25, 0.3) is 0 Å². The maximum absolute atomic E-state index is 13.3. The van der Waals surface area contributed by atoms with E-state index in [0.29, 0.717) is 36.2 Å². The highest BCUT2D eigenvalue weighted by Crippen LogP contribution is 2.30. The molecule has 0 aliphatic carbocycles. The molecule has 4 rings (SSSR count). The van der Waals surface area contributed by atoms with Gasteiger partial charge in [0.2, 0.25) is 5.91 Å². The quantitative estimate of drug-likeness (QED) is 0.508. The summed E-state index contributed by atoms with van der Waals surface area (Å²) in [6, 6.07) is 24.1. The molecule has 0 radical (unpaired) electrons. The van der Waals surface area contributed by atoms with Crippen LogP contribution in [-0.4, -0.2) is 23.9 Å². The van der Waals surface area contributed by atoms with Crippen molar-refractivity contribution in [3.8, 4) is 6.07 Å². The van der Waals surface area contributed by atoms with Crippen molar-refractivity contribution in [1.29, 1.82) is 5.26 Å². The highest BCUT2D eigenvalue weighted by molar-refractivity contribution is 6.02. The lowest BCUT2D eigenvalue weighted by Gasteiger charge is -2.30. The van der Waals surface area contributed by atoms with Gasteiger partial charge < -0.3 is 5.32 Å². The summed E-state index contributed by atoms with van der Waals surface area (Å²) in [5, 5.41) is 12.1. The number of benzene rings is 3. The topological polar surface area (TPSA) is 56.1 Å². The summed E-state index contributed by atoms with van der Waals surface area (Å²) in [5.41, 5.74) is 4.06. The first kappa shape index (κ1) is 24.2. The summed E-state index contributed by atoms with van der Waals surface area (Å²) in [6.45, 7) is 1.93. The normalized spacial score (nSPS) is 14.5. The lowest BCUT2D eigenvalue weighted by Crippen LogP contribution is -2.37. The summed E-state index contributed by atoms with van der Waals surface area (Å²) in [5.74, 6) is -0.237. The van der Waals surface area contributed by atoms with E-state index in [2.05, 4.69) is 16.3 Å². The van der Waals surface area contributed by atoms with Crippen LogP contribution in [0.2, 0.25) is 0 Å². The average Bonchev–Trinajstić information content (AvgIpc) is 2.87. The Morgan fingerprint density at radius 3 is 2.40 bits per heavy atom. The molecule has 1 aliphatic heterocycles. The van der Waals surface area contributed by atoms with Gasteiger partial charge in [-0.1, -0.05) is 54.6 Å². The average molecular weight is 476 g/mol. The van der Waals surface area contributed by atoms with Crippen LogP contribution in [0.5, 0.6) is 0 Å².